The van der Waals surface area contributed by atoms with Crippen molar-refractivity contribution in [1.29, 1.82) is 0 Å². The lowest BCUT2D eigenvalue weighted by atomic mass is 10.1. The van der Waals surface area contributed by atoms with Crippen molar-refractivity contribution in [2.24, 2.45) is 22.2 Å². The van der Waals surface area contributed by atoms with Crippen molar-refractivity contribution >= 4 is 69.2 Å². The number of rotatable bonds is 19. The number of piperazine rings is 1. The largest absolute Gasteiger partial charge is 0.494 e. The average molecular weight is 877 g/mol. The smallest absolute Gasteiger partial charge is 0.276 e. The second-order valence-corrected chi connectivity index (χ2v) is 14.6. The molecule has 21 nitrogen and oxygen atoms in total. The van der Waals surface area contributed by atoms with E-state index in [1.807, 2.05) is 13.0 Å². The van der Waals surface area contributed by atoms with Crippen LogP contribution in [-0.4, -0.2) is 115 Å². The van der Waals surface area contributed by atoms with Crippen LogP contribution >= 0.6 is 0 Å². The zero-order valence-electron chi connectivity index (χ0n) is 36.3. The van der Waals surface area contributed by atoms with Crippen molar-refractivity contribution < 1.29 is 33.4 Å². The molecule has 1 aliphatic heterocycles. The molecule has 9 N–H and O–H groups in total. The van der Waals surface area contributed by atoms with Gasteiger partial charge in [-0.05, 0) is 70.2 Å². The Bertz CT molecular complexity index is 2730. The first-order valence-electron chi connectivity index (χ1n) is 20.5. The lowest BCUT2D eigenvalue weighted by Gasteiger charge is -2.26. The number of carbonyl (C=O) groups is 5. The van der Waals surface area contributed by atoms with Gasteiger partial charge in [-0.1, -0.05) is 18.2 Å². The van der Waals surface area contributed by atoms with Crippen LogP contribution in [0.1, 0.15) is 57.7 Å². The van der Waals surface area contributed by atoms with E-state index in [0.717, 1.165) is 0 Å². The van der Waals surface area contributed by atoms with Crippen molar-refractivity contribution in [3.05, 3.63) is 88.9 Å². The van der Waals surface area contributed by atoms with Crippen LogP contribution in [0.5, 0.6) is 11.5 Å². The molecule has 5 amide bonds. The van der Waals surface area contributed by atoms with Gasteiger partial charge in [0.15, 0.2) is 0 Å². The minimum absolute atomic E-state index is 0.000464. The van der Waals surface area contributed by atoms with Gasteiger partial charge >= 0.3 is 0 Å². The molecular formula is C43H52N14O7. The Balaban J connectivity index is 1.39. The SMILES string of the molecule is CCN=C(/C=C(/C)N)C(=O)Nc1nc2cc(C(N)=O)cc(OC)c2n1C/C=C/Cn1c(NC(=O)c2cc(C)nn2CC)nc2cc(C(N)=O)cc(OC/C=C/CN3CCNCC3=O)c21. The van der Waals surface area contributed by atoms with Crippen LogP contribution in [-0.2, 0) is 29.2 Å². The summed E-state index contributed by atoms with van der Waals surface area (Å²) in [6.45, 7) is 10.1. The molecule has 0 radical (unpaired) electrons. The predicted molar refractivity (Wildman–Crippen MR) is 241 cm³/mol. The standard InChI is InChI=1S/C43H52N14O7/c1-6-48-31(18-25(3)44)40(61)51-42-49-29-20-27(38(45)59)22-33(63-5)36(29)55(42)14-8-9-15-56-37-30(50-43(56)52-41(62)32-19-26(4)53-57(32)7-2)21-28(39(46)60)23-34(37)64-17-11-10-13-54-16-12-47-24-35(54)58/h8-11,18-23,47H,6-7,12-17,24,44H2,1-5H3,(H2,45,59)(H2,46,60)(H,49,51,61)(H,50,52,62)/b9-8+,11-10+,25-18-,48-31?. The van der Waals surface area contributed by atoms with Crippen LogP contribution in [0.2, 0.25) is 0 Å². The number of benzene rings is 2. The quantitative estimate of drug-likeness (QED) is 0.0515. The summed E-state index contributed by atoms with van der Waals surface area (Å²) in [5.41, 5.74) is 20.5. The Morgan fingerprint density at radius 1 is 0.859 bits per heavy atom. The van der Waals surface area contributed by atoms with Crippen LogP contribution < -0.4 is 42.6 Å². The predicted octanol–water partition coefficient (Wildman–Crippen LogP) is 2.25. The first-order valence-corrected chi connectivity index (χ1v) is 20.5. The third kappa shape index (κ3) is 10.4. The molecule has 0 saturated carbocycles. The Morgan fingerprint density at radius 3 is 2.05 bits per heavy atom. The number of carbonyl (C=O) groups excluding carboxylic acids is 5. The van der Waals surface area contributed by atoms with Gasteiger partial charge in [0.25, 0.3) is 11.8 Å². The molecule has 4 heterocycles. The fourth-order valence-corrected chi connectivity index (χ4v) is 7.03. The van der Waals surface area contributed by atoms with Gasteiger partial charge in [-0.2, -0.15) is 5.10 Å². The van der Waals surface area contributed by atoms with Crippen LogP contribution in [0.3, 0.4) is 0 Å². The number of anilines is 2. The zero-order valence-corrected chi connectivity index (χ0v) is 36.3. The molecule has 3 aromatic heterocycles. The molecule has 6 rings (SSSR count). The molecule has 21 heteroatoms. The van der Waals surface area contributed by atoms with Crippen LogP contribution in [0, 0.1) is 6.92 Å². The number of methoxy groups -OCH3 is 1. The Hall–Kier alpha value is -7.81. The number of nitrogens with one attached hydrogen (secondary N) is 3. The molecule has 5 aromatic rings. The fraction of sp³-hybridized carbons (Fsp3) is 0.326. The van der Waals surface area contributed by atoms with Crippen molar-refractivity contribution in [3.63, 3.8) is 0 Å². The molecular weight excluding hydrogens is 825 g/mol. The van der Waals surface area contributed by atoms with Crippen molar-refractivity contribution in [1.82, 2.24) is 39.1 Å². The van der Waals surface area contributed by atoms with E-state index in [2.05, 4.69) is 31.0 Å². The molecule has 336 valence electrons. The molecule has 2 aromatic carbocycles. The molecule has 0 aliphatic carbocycles. The van der Waals surface area contributed by atoms with Gasteiger partial charge in [0.2, 0.25) is 29.6 Å². The summed E-state index contributed by atoms with van der Waals surface area (Å²) < 4.78 is 16.9. The number of imidazole rings is 2. The number of primary amides is 2. The number of nitrogens with zero attached hydrogens (tertiary/aromatic N) is 8. The number of aryl methyl sites for hydroxylation is 2. The fourth-order valence-electron chi connectivity index (χ4n) is 7.03. The maximum atomic E-state index is 13.8. The number of amides is 5. The molecule has 0 spiro atoms. The molecule has 0 bridgehead atoms. The summed E-state index contributed by atoms with van der Waals surface area (Å²) >= 11 is 0. The number of ether oxygens (including phenoxy) is 2. The van der Waals surface area contributed by atoms with E-state index in [1.54, 1.807) is 63.8 Å². The summed E-state index contributed by atoms with van der Waals surface area (Å²) in [7, 11) is 1.44. The molecule has 1 saturated heterocycles. The van der Waals surface area contributed by atoms with E-state index >= 15 is 0 Å². The second-order valence-electron chi connectivity index (χ2n) is 14.6. The number of hydrogen-bond donors (Lipinski definition) is 6. The van der Waals surface area contributed by atoms with E-state index in [0.29, 0.717) is 71.9 Å². The van der Waals surface area contributed by atoms with E-state index in [-0.39, 0.29) is 72.4 Å². The normalized spacial score (nSPS) is 13.7. The number of aliphatic imine (C=N–C) groups is 1. The van der Waals surface area contributed by atoms with Crippen molar-refractivity contribution in [2.45, 2.75) is 47.3 Å². The third-order valence-electron chi connectivity index (χ3n) is 9.97. The monoisotopic (exact) mass is 876 g/mol. The maximum absolute atomic E-state index is 13.8. The third-order valence-corrected chi connectivity index (χ3v) is 9.97. The molecule has 64 heavy (non-hydrogen) atoms. The summed E-state index contributed by atoms with van der Waals surface area (Å²) in [4.78, 5) is 79.8. The van der Waals surface area contributed by atoms with Crippen LogP contribution in [0.25, 0.3) is 22.1 Å². The minimum Gasteiger partial charge on any atom is -0.494 e. The Morgan fingerprint density at radius 2 is 1.47 bits per heavy atom. The van der Waals surface area contributed by atoms with Crippen molar-refractivity contribution in [2.75, 3.05) is 57.1 Å². The van der Waals surface area contributed by atoms with Gasteiger partial charge in [-0.15, -0.1) is 0 Å². The lowest BCUT2D eigenvalue weighted by molar-refractivity contribution is -0.131. The first kappa shape index (κ1) is 45.7. The summed E-state index contributed by atoms with van der Waals surface area (Å²) in [6.07, 6.45) is 8.66. The van der Waals surface area contributed by atoms with E-state index in [1.165, 1.54) is 37.5 Å². The number of allylic oxidation sites excluding steroid dienone is 3. The molecule has 1 aliphatic rings. The summed E-state index contributed by atoms with van der Waals surface area (Å²) in [5.74, 6) is -1.65. The molecule has 1 fully saturated rings. The topological polar surface area (TPSA) is 287 Å². The van der Waals surface area contributed by atoms with Gasteiger partial charge in [-0.3, -0.25) is 44.3 Å². The number of fused-ring (bicyclic) bond motifs is 2. The number of nitrogens with two attached hydrogens (primary N) is 3. The van der Waals surface area contributed by atoms with Gasteiger partial charge in [0.1, 0.15) is 40.5 Å². The van der Waals surface area contributed by atoms with Gasteiger partial charge in [0, 0.05) is 62.6 Å². The van der Waals surface area contributed by atoms with Gasteiger partial charge in [-0.25, -0.2) is 9.97 Å². The second kappa shape index (κ2) is 20.4. The van der Waals surface area contributed by atoms with Gasteiger partial charge < -0.3 is 46.0 Å². The highest BCUT2D eigenvalue weighted by molar-refractivity contribution is 6.47. The van der Waals surface area contributed by atoms with Crippen LogP contribution in [0.4, 0.5) is 11.9 Å². The molecule has 0 atom stereocenters. The summed E-state index contributed by atoms with van der Waals surface area (Å²) in [6, 6.07) is 7.69. The molecule has 0 unspecified atom stereocenters. The summed E-state index contributed by atoms with van der Waals surface area (Å²) in [5, 5.41) is 13.2. The highest BCUT2D eigenvalue weighted by Gasteiger charge is 2.23. The van der Waals surface area contributed by atoms with E-state index in [4.69, 9.17) is 31.7 Å². The highest BCUT2D eigenvalue weighted by Crippen LogP contribution is 2.33. The Kier molecular flexibility index (Phi) is 14.6. The maximum Gasteiger partial charge on any atom is 0.276 e. The van der Waals surface area contributed by atoms with Gasteiger partial charge in [0.05, 0.1) is 30.4 Å². The average Bonchev–Trinajstić information content (AvgIpc) is 3.93. The number of aromatic nitrogens is 6. The Labute approximate surface area is 368 Å². The van der Waals surface area contributed by atoms with E-state index in [9.17, 15) is 24.0 Å². The van der Waals surface area contributed by atoms with Crippen LogP contribution in [0.15, 0.2) is 71.4 Å². The van der Waals surface area contributed by atoms with E-state index < -0.39 is 23.6 Å². The number of hydrogen-bond acceptors (Lipinski definition) is 13. The van der Waals surface area contributed by atoms with Crippen molar-refractivity contribution in [3.8, 4) is 11.5 Å². The minimum atomic E-state index is -0.710. The first-order chi connectivity index (χ1) is 30.7. The zero-order chi connectivity index (χ0) is 46.1. The highest BCUT2D eigenvalue weighted by atomic mass is 16.5. The lowest BCUT2D eigenvalue weighted by Crippen LogP contribution is -2.47.